The Bertz CT molecular complexity index is 647. The van der Waals surface area contributed by atoms with Crippen molar-refractivity contribution < 1.29 is 27.4 Å². The van der Waals surface area contributed by atoms with Crippen molar-refractivity contribution in [3.8, 4) is 5.75 Å². The smallest absolute Gasteiger partial charge is 0.419 e. The number of likely N-dealkylation sites (tertiary alicyclic amines) is 1. The molecule has 1 fully saturated rings. The molecule has 172 valence electrons. The molecule has 30 heavy (non-hydrogen) atoms. The molecule has 0 amide bonds. The van der Waals surface area contributed by atoms with Crippen LogP contribution in [0.3, 0.4) is 0 Å². The molecule has 1 aliphatic rings. The van der Waals surface area contributed by atoms with Gasteiger partial charge in [0.05, 0.1) is 31.9 Å². The quantitative estimate of drug-likeness (QED) is 0.211. The Balaban J connectivity index is 0.00000450. The molecule has 1 N–H and O–H groups in total. The lowest BCUT2D eigenvalue weighted by Gasteiger charge is -2.22. The third kappa shape index (κ3) is 8.84. The van der Waals surface area contributed by atoms with Gasteiger partial charge in [0.2, 0.25) is 0 Å². The number of alkyl halides is 3. The summed E-state index contributed by atoms with van der Waals surface area (Å²) in [5.41, 5.74) is -0.772. The Kier molecular flexibility index (Phi) is 12.4. The molecule has 0 radical (unpaired) electrons. The standard InChI is InChI=1S/C20H30F3N3O3.HI/c1-3-24-19(26-10-8-16(14-26)15-28-13-12-27-2)25-9-11-29-18-7-5-4-6-17(18)20(21,22)23;/h4-7,16H,3,8-15H2,1-2H3,(H,24,25);1H. The molecular formula is C20H31F3IN3O3. The van der Waals surface area contributed by atoms with Crippen molar-refractivity contribution in [1.29, 1.82) is 0 Å². The van der Waals surface area contributed by atoms with Gasteiger partial charge in [-0.15, -0.1) is 24.0 Å². The van der Waals surface area contributed by atoms with Gasteiger partial charge in [-0.25, -0.2) is 4.99 Å². The molecular weight excluding hydrogens is 514 g/mol. The van der Waals surface area contributed by atoms with Crippen molar-refractivity contribution in [2.24, 2.45) is 10.9 Å². The first-order valence-corrected chi connectivity index (χ1v) is 9.84. The van der Waals surface area contributed by atoms with Gasteiger partial charge in [0.15, 0.2) is 5.96 Å². The van der Waals surface area contributed by atoms with Crippen LogP contribution in [0.4, 0.5) is 13.2 Å². The Labute approximate surface area is 193 Å². The molecule has 1 aliphatic heterocycles. The van der Waals surface area contributed by atoms with Gasteiger partial charge in [0.25, 0.3) is 0 Å². The Morgan fingerprint density at radius 3 is 2.70 bits per heavy atom. The van der Waals surface area contributed by atoms with E-state index in [4.69, 9.17) is 14.2 Å². The molecule has 1 atom stereocenters. The zero-order chi connectivity index (χ0) is 21.1. The summed E-state index contributed by atoms with van der Waals surface area (Å²) in [6.45, 7) is 6.56. The summed E-state index contributed by atoms with van der Waals surface area (Å²) in [5, 5.41) is 3.24. The fourth-order valence-electron chi connectivity index (χ4n) is 3.11. The molecule has 1 unspecified atom stereocenters. The predicted octanol–water partition coefficient (Wildman–Crippen LogP) is 3.65. The third-order valence-electron chi connectivity index (χ3n) is 4.51. The highest BCUT2D eigenvalue weighted by molar-refractivity contribution is 14.0. The van der Waals surface area contributed by atoms with E-state index in [-0.39, 0.29) is 42.9 Å². The van der Waals surface area contributed by atoms with Crippen LogP contribution in [0.2, 0.25) is 0 Å². The topological polar surface area (TPSA) is 55.3 Å². The van der Waals surface area contributed by atoms with E-state index < -0.39 is 11.7 Å². The van der Waals surface area contributed by atoms with Crippen LogP contribution in [0.5, 0.6) is 5.75 Å². The summed E-state index contributed by atoms with van der Waals surface area (Å²) in [4.78, 5) is 6.66. The summed E-state index contributed by atoms with van der Waals surface area (Å²) in [6, 6.07) is 5.21. The summed E-state index contributed by atoms with van der Waals surface area (Å²) in [5.74, 6) is 1.000. The summed E-state index contributed by atoms with van der Waals surface area (Å²) >= 11 is 0. The van der Waals surface area contributed by atoms with Gasteiger partial charge in [-0.1, -0.05) is 12.1 Å². The average molecular weight is 545 g/mol. The number of benzene rings is 1. The Hall–Kier alpha value is -1.27. The monoisotopic (exact) mass is 545 g/mol. The number of ether oxygens (including phenoxy) is 3. The summed E-state index contributed by atoms with van der Waals surface area (Å²) in [7, 11) is 1.64. The maximum absolute atomic E-state index is 13.0. The lowest BCUT2D eigenvalue weighted by atomic mass is 10.1. The van der Waals surface area contributed by atoms with E-state index >= 15 is 0 Å². The first-order chi connectivity index (χ1) is 14.0. The zero-order valence-corrected chi connectivity index (χ0v) is 19.7. The predicted molar refractivity (Wildman–Crippen MR) is 121 cm³/mol. The molecule has 0 spiro atoms. The Morgan fingerprint density at radius 2 is 2.00 bits per heavy atom. The van der Waals surface area contributed by atoms with Crippen molar-refractivity contribution >= 4 is 29.9 Å². The highest BCUT2D eigenvalue weighted by Crippen LogP contribution is 2.35. The molecule has 1 aromatic rings. The fraction of sp³-hybridized carbons (Fsp3) is 0.650. The van der Waals surface area contributed by atoms with Crippen molar-refractivity contribution in [2.75, 3.05) is 59.7 Å². The van der Waals surface area contributed by atoms with Crippen molar-refractivity contribution in [3.05, 3.63) is 29.8 Å². The molecule has 1 aromatic carbocycles. The molecule has 0 aromatic heterocycles. The van der Waals surface area contributed by atoms with E-state index in [2.05, 4.69) is 15.2 Å². The van der Waals surface area contributed by atoms with Crippen LogP contribution < -0.4 is 10.1 Å². The summed E-state index contributed by atoms with van der Waals surface area (Å²) in [6.07, 6.45) is -3.43. The van der Waals surface area contributed by atoms with Crippen LogP contribution in [-0.2, 0) is 15.7 Å². The molecule has 10 heteroatoms. The number of hydrogen-bond acceptors (Lipinski definition) is 4. The number of methoxy groups -OCH3 is 1. The molecule has 1 saturated heterocycles. The molecule has 0 bridgehead atoms. The van der Waals surface area contributed by atoms with Gasteiger partial charge in [-0.2, -0.15) is 13.2 Å². The number of hydrogen-bond donors (Lipinski definition) is 1. The lowest BCUT2D eigenvalue weighted by molar-refractivity contribution is -0.138. The summed E-state index contributed by atoms with van der Waals surface area (Å²) < 4.78 is 55.0. The van der Waals surface area contributed by atoms with E-state index in [1.54, 1.807) is 7.11 Å². The van der Waals surface area contributed by atoms with E-state index in [0.717, 1.165) is 31.5 Å². The van der Waals surface area contributed by atoms with Crippen LogP contribution in [0, 0.1) is 5.92 Å². The minimum absolute atomic E-state index is 0. The number of para-hydroxylation sites is 1. The van der Waals surface area contributed by atoms with E-state index in [0.29, 0.717) is 32.3 Å². The van der Waals surface area contributed by atoms with Gasteiger partial charge in [0.1, 0.15) is 12.4 Å². The number of nitrogens with zero attached hydrogens (tertiary/aromatic N) is 2. The highest BCUT2D eigenvalue weighted by atomic mass is 127. The second kappa shape index (κ2) is 13.9. The van der Waals surface area contributed by atoms with Gasteiger partial charge in [0, 0.05) is 32.7 Å². The number of rotatable bonds is 10. The SMILES string of the molecule is CCNC(=NCCOc1ccccc1C(F)(F)F)N1CCC(COCCOC)C1.I. The van der Waals surface area contributed by atoms with Gasteiger partial charge in [-0.05, 0) is 25.5 Å². The maximum atomic E-state index is 13.0. The number of guanidine groups is 1. The van der Waals surface area contributed by atoms with Crippen molar-refractivity contribution in [2.45, 2.75) is 19.5 Å². The molecule has 0 aliphatic carbocycles. The van der Waals surface area contributed by atoms with Crippen LogP contribution in [-0.4, -0.2) is 70.6 Å². The fourth-order valence-corrected chi connectivity index (χ4v) is 3.11. The van der Waals surface area contributed by atoms with Crippen LogP contribution in [0.25, 0.3) is 0 Å². The first kappa shape index (κ1) is 26.8. The van der Waals surface area contributed by atoms with Crippen LogP contribution in [0.15, 0.2) is 29.3 Å². The van der Waals surface area contributed by atoms with Gasteiger partial charge < -0.3 is 24.4 Å². The average Bonchev–Trinajstić information content (AvgIpc) is 3.16. The minimum Gasteiger partial charge on any atom is -0.491 e. The molecule has 0 saturated carbocycles. The van der Waals surface area contributed by atoms with Crippen molar-refractivity contribution in [3.63, 3.8) is 0 Å². The third-order valence-corrected chi connectivity index (χ3v) is 4.51. The van der Waals surface area contributed by atoms with Crippen LogP contribution >= 0.6 is 24.0 Å². The largest absolute Gasteiger partial charge is 0.491 e. The second-order valence-corrected chi connectivity index (χ2v) is 6.75. The van der Waals surface area contributed by atoms with E-state index in [1.165, 1.54) is 18.2 Å². The highest BCUT2D eigenvalue weighted by Gasteiger charge is 2.34. The minimum atomic E-state index is -4.44. The number of halogens is 4. The maximum Gasteiger partial charge on any atom is 0.419 e. The van der Waals surface area contributed by atoms with Crippen molar-refractivity contribution in [1.82, 2.24) is 10.2 Å². The van der Waals surface area contributed by atoms with Gasteiger partial charge >= 0.3 is 6.18 Å². The number of nitrogens with one attached hydrogen (secondary N) is 1. The first-order valence-electron chi connectivity index (χ1n) is 9.84. The van der Waals surface area contributed by atoms with E-state index in [1.807, 2.05) is 6.92 Å². The molecule has 6 nitrogen and oxygen atoms in total. The molecule has 2 rings (SSSR count). The normalized spacial score (nSPS) is 17.0. The second-order valence-electron chi connectivity index (χ2n) is 6.75. The molecule has 1 heterocycles. The lowest BCUT2D eigenvalue weighted by Crippen LogP contribution is -2.40. The Morgan fingerprint density at radius 1 is 1.23 bits per heavy atom. The van der Waals surface area contributed by atoms with Gasteiger partial charge in [-0.3, -0.25) is 0 Å². The zero-order valence-electron chi connectivity index (χ0n) is 17.4. The van der Waals surface area contributed by atoms with E-state index in [9.17, 15) is 13.2 Å². The van der Waals surface area contributed by atoms with Crippen LogP contribution in [0.1, 0.15) is 18.9 Å². The number of aliphatic imine (C=N–C) groups is 1.